The SMILES string of the molecule is [2H]C([2H])(c1ccccc1)c1ccc2c(n1)oc1c(-c3nc4ccccc4n3-c3c(C)cc(-c4ccccc4)cc3C)cccc12. The second-order valence-corrected chi connectivity index (χ2v) is 10.9. The van der Waals surface area contributed by atoms with Gasteiger partial charge in [-0.15, -0.1) is 0 Å². The van der Waals surface area contributed by atoms with Crippen molar-refractivity contribution in [3.63, 3.8) is 0 Å². The number of imidazole rings is 1. The van der Waals surface area contributed by atoms with Crippen LogP contribution in [0, 0.1) is 13.8 Å². The van der Waals surface area contributed by atoms with Crippen molar-refractivity contribution in [3.05, 3.63) is 150 Å². The highest BCUT2D eigenvalue weighted by molar-refractivity contribution is 6.08. The molecule has 0 aliphatic carbocycles. The largest absolute Gasteiger partial charge is 0.437 e. The maximum Gasteiger partial charge on any atom is 0.227 e. The monoisotopic (exact) mass is 557 g/mol. The second kappa shape index (κ2) is 10.1. The highest BCUT2D eigenvalue weighted by Crippen LogP contribution is 2.39. The van der Waals surface area contributed by atoms with Gasteiger partial charge < -0.3 is 4.42 Å². The van der Waals surface area contributed by atoms with Gasteiger partial charge in [-0.3, -0.25) is 4.57 Å². The van der Waals surface area contributed by atoms with E-state index in [2.05, 4.69) is 60.9 Å². The number of nitrogens with zero attached hydrogens (tertiary/aromatic N) is 3. The third-order valence-electron chi connectivity index (χ3n) is 8.03. The van der Waals surface area contributed by atoms with E-state index >= 15 is 0 Å². The summed E-state index contributed by atoms with van der Waals surface area (Å²) in [5.41, 5.74) is 10.4. The van der Waals surface area contributed by atoms with E-state index in [9.17, 15) is 0 Å². The van der Waals surface area contributed by atoms with Gasteiger partial charge in [0.15, 0.2) is 0 Å². The molecular weight excluding hydrogens is 526 g/mol. The van der Waals surface area contributed by atoms with Crippen LogP contribution in [0.15, 0.2) is 132 Å². The van der Waals surface area contributed by atoms with Crippen LogP contribution < -0.4 is 0 Å². The van der Waals surface area contributed by atoms with Crippen molar-refractivity contribution >= 4 is 33.1 Å². The van der Waals surface area contributed by atoms with Crippen molar-refractivity contribution in [2.45, 2.75) is 20.2 Å². The van der Waals surface area contributed by atoms with Gasteiger partial charge >= 0.3 is 0 Å². The molecule has 0 bridgehead atoms. The molecule has 0 spiro atoms. The van der Waals surface area contributed by atoms with Crippen LogP contribution in [0.2, 0.25) is 0 Å². The predicted molar refractivity (Wildman–Crippen MR) is 176 cm³/mol. The molecule has 0 saturated carbocycles. The molecule has 0 aliphatic rings. The fourth-order valence-corrected chi connectivity index (χ4v) is 6.13. The third-order valence-corrected chi connectivity index (χ3v) is 8.03. The first-order chi connectivity index (χ1) is 21.9. The van der Waals surface area contributed by atoms with Crippen LogP contribution in [0.25, 0.3) is 61.3 Å². The lowest BCUT2D eigenvalue weighted by atomic mass is 9.98. The normalized spacial score (nSPS) is 12.6. The Bertz CT molecular complexity index is 2350. The Hall–Kier alpha value is -5.48. The summed E-state index contributed by atoms with van der Waals surface area (Å²) in [7, 11) is 0. The average Bonchev–Trinajstić information content (AvgIpc) is 3.63. The van der Waals surface area contributed by atoms with Gasteiger partial charge in [-0.05, 0) is 84.1 Å². The summed E-state index contributed by atoms with van der Waals surface area (Å²) in [6, 6.07) is 42.0. The van der Waals surface area contributed by atoms with E-state index in [0.717, 1.165) is 50.0 Å². The van der Waals surface area contributed by atoms with E-state index < -0.39 is 6.37 Å². The molecule has 206 valence electrons. The minimum Gasteiger partial charge on any atom is -0.437 e. The molecule has 5 aromatic carbocycles. The number of furan rings is 1. The minimum absolute atomic E-state index is 0.304. The molecule has 4 nitrogen and oxygen atoms in total. The molecule has 8 rings (SSSR count). The summed E-state index contributed by atoms with van der Waals surface area (Å²) in [6.07, 6.45) is -1.77. The predicted octanol–water partition coefficient (Wildman–Crippen LogP) is 9.86. The zero-order valence-electron chi connectivity index (χ0n) is 25.9. The first kappa shape index (κ1) is 23.1. The van der Waals surface area contributed by atoms with Gasteiger partial charge in [0, 0.05) is 25.6 Å². The van der Waals surface area contributed by atoms with Crippen LogP contribution in [0.5, 0.6) is 0 Å². The highest BCUT2D eigenvalue weighted by atomic mass is 16.3. The van der Waals surface area contributed by atoms with E-state index in [4.69, 9.17) is 17.1 Å². The van der Waals surface area contributed by atoms with Crippen molar-refractivity contribution in [2.24, 2.45) is 0 Å². The summed E-state index contributed by atoms with van der Waals surface area (Å²) in [5.74, 6) is 0.777. The van der Waals surface area contributed by atoms with E-state index in [1.165, 1.54) is 11.1 Å². The summed E-state index contributed by atoms with van der Waals surface area (Å²) in [6.45, 7) is 4.31. The van der Waals surface area contributed by atoms with Crippen LogP contribution >= 0.6 is 0 Å². The molecule has 0 fully saturated rings. The Morgan fingerprint density at radius 2 is 1.40 bits per heavy atom. The highest BCUT2D eigenvalue weighted by Gasteiger charge is 2.22. The average molecular weight is 558 g/mol. The molecule has 3 aromatic heterocycles. The van der Waals surface area contributed by atoms with Crippen molar-refractivity contribution in [1.29, 1.82) is 0 Å². The first-order valence-electron chi connectivity index (χ1n) is 15.4. The molecule has 3 heterocycles. The topological polar surface area (TPSA) is 43.9 Å². The smallest absolute Gasteiger partial charge is 0.227 e. The molecule has 0 unspecified atom stereocenters. The minimum atomic E-state index is -1.77. The molecule has 0 saturated heterocycles. The van der Waals surface area contributed by atoms with Gasteiger partial charge in [0.2, 0.25) is 5.71 Å². The van der Waals surface area contributed by atoms with Crippen molar-refractivity contribution < 1.29 is 7.16 Å². The zero-order chi connectivity index (χ0) is 30.7. The lowest BCUT2D eigenvalue weighted by Crippen LogP contribution is -2.03. The van der Waals surface area contributed by atoms with E-state index in [-0.39, 0.29) is 0 Å². The van der Waals surface area contributed by atoms with Gasteiger partial charge in [0.05, 0.1) is 22.3 Å². The van der Waals surface area contributed by atoms with Gasteiger partial charge in [0.25, 0.3) is 0 Å². The first-order valence-corrected chi connectivity index (χ1v) is 14.4. The quantitative estimate of drug-likeness (QED) is 0.211. The summed E-state index contributed by atoms with van der Waals surface area (Å²) in [5, 5.41) is 1.75. The number of hydrogen-bond donors (Lipinski definition) is 0. The Kier molecular flexibility index (Phi) is 5.43. The maximum atomic E-state index is 8.84. The number of rotatable bonds is 5. The Balaban J connectivity index is 1.34. The van der Waals surface area contributed by atoms with Crippen molar-refractivity contribution in [3.8, 4) is 28.2 Å². The van der Waals surface area contributed by atoms with E-state index in [1.807, 2.05) is 66.7 Å². The number of pyridine rings is 1. The number of para-hydroxylation sites is 3. The van der Waals surface area contributed by atoms with Crippen LogP contribution in [-0.4, -0.2) is 14.5 Å². The molecule has 0 aliphatic heterocycles. The van der Waals surface area contributed by atoms with Gasteiger partial charge in [0.1, 0.15) is 11.4 Å². The lowest BCUT2D eigenvalue weighted by molar-refractivity contribution is 0.652. The van der Waals surface area contributed by atoms with Crippen LogP contribution in [-0.2, 0) is 6.37 Å². The van der Waals surface area contributed by atoms with Gasteiger partial charge in [-0.1, -0.05) is 84.9 Å². The fraction of sp³-hybridized carbons (Fsp3) is 0.0769. The Labute approximate surface area is 252 Å². The molecular formula is C39H29N3O. The lowest BCUT2D eigenvalue weighted by Gasteiger charge is -2.17. The van der Waals surface area contributed by atoms with Crippen molar-refractivity contribution in [2.75, 3.05) is 0 Å². The van der Waals surface area contributed by atoms with Gasteiger partial charge in [-0.2, -0.15) is 0 Å². The Morgan fingerprint density at radius 1 is 0.674 bits per heavy atom. The summed E-state index contributed by atoms with van der Waals surface area (Å²) < 4.78 is 26.4. The molecule has 0 radical (unpaired) electrons. The standard InChI is InChI=1S/C39H29N3O/c1-25-22-29(28-14-7-4-8-15-28)23-26(2)36(25)42-35-19-10-9-18-34(35)41-38(42)33-17-11-16-31-32-21-20-30(40-39(32)43-37(31)33)24-27-12-5-3-6-13-27/h3-23H,24H2,1-2H3/i24D2. The number of hydrogen-bond acceptors (Lipinski definition) is 3. The maximum absolute atomic E-state index is 8.84. The zero-order valence-corrected chi connectivity index (χ0v) is 23.9. The molecule has 0 amide bonds. The van der Waals surface area contributed by atoms with Gasteiger partial charge in [-0.25, -0.2) is 9.97 Å². The fourth-order valence-electron chi connectivity index (χ4n) is 6.13. The second-order valence-electron chi connectivity index (χ2n) is 10.9. The molecule has 0 N–H and O–H groups in total. The van der Waals surface area contributed by atoms with Crippen LogP contribution in [0.4, 0.5) is 0 Å². The third kappa shape index (κ3) is 4.31. The van der Waals surface area contributed by atoms with E-state index in [1.54, 1.807) is 18.2 Å². The number of aryl methyl sites for hydroxylation is 2. The number of fused-ring (bicyclic) bond motifs is 4. The van der Waals surface area contributed by atoms with Crippen LogP contribution in [0.3, 0.4) is 0 Å². The van der Waals surface area contributed by atoms with Crippen LogP contribution in [0.1, 0.15) is 25.1 Å². The summed E-state index contributed by atoms with van der Waals surface area (Å²) >= 11 is 0. The number of aromatic nitrogens is 3. The number of benzene rings is 5. The summed E-state index contributed by atoms with van der Waals surface area (Å²) in [4.78, 5) is 9.88. The molecule has 0 atom stereocenters. The van der Waals surface area contributed by atoms with Crippen molar-refractivity contribution in [1.82, 2.24) is 14.5 Å². The Morgan fingerprint density at radius 3 is 2.19 bits per heavy atom. The molecule has 43 heavy (non-hydrogen) atoms. The molecule has 8 aromatic rings. The molecule has 4 heteroatoms. The van der Waals surface area contributed by atoms with E-state index in [0.29, 0.717) is 22.6 Å².